The fraction of sp³-hybridized carbons (Fsp3) is 0.917. The molecule has 5 nitrogen and oxygen atoms in total. The summed E-state index contributed by atoms with van der Waals surface area (Å²) in [7, 11) is 1.65. The van der Waals surface area contributed by atoms with Gasteiger partial charge in [0.1, 0.15) is 0 Å². The van der Waals surface area contributed by atoms with Gasteiger partial charge in [-0.05, 0) is 12.8 Å². The third kappa shape index (κ3) is 5.02. The highest BCUT2D eigenvalue weighted by molar-refractivity contribution is 5.78. The van der Waals surface area contributed by atoms with Crippen LogP contribution in [0.1, 0.15) is 19.8 Å². The molecule has 1 aliphatic rings. The first-order valence-electron chi connectivity index (χ1n) is 6.34. The van der Waals surface area contributed by atoms with Crippen molar-refractivity contribution >= 4 is 5.91 Å². The average Bonchev–Trinajstić information content (AvgIpc) is 2.48. The Morgan fingerprint density at radius 1 is 1.47 bits per heavy atom. The number of hydrogen-bond donors (Lipinski definition) is 1. The van der Waals surface area contributed by atoms with E-state index in [-0.39, 0.29) is 12.0 Å². The molecule has 0 radical (unpaired) electrons. The number of aliphatic hydroxyl groups excluding tert-OH is 1. The van der Waals surface area contributed by atoms with Crippen molar-refractivity contribution in [2.45, 2.75) is 25.9 Å². The first-order chi connectivity index (χ1) is 8.17. The molecule has 0 aromatic heterocycles. The molecular formula is C12H24N2O3. The summed E-state index contributed by atoms with van der Waals surface area (Å²) in [6.07, 6.45) is 1.37. The molecule has 1 fully saturated rings. The quantitative estimate of drug-likeness (QED) is 0.711. The van der Waals surface area contributed by atoms with Crippen molar-refractivity contribution in [3.63, 3.8) is 0 Å². The lowest BCUT2D eigenvalue weighted by Crippen LogP contribution is -2.40. The van der Waals surface area contributed by atoms with E-state index in [1.807, 2.05) is 16.7 Å². The van der Waals surface area contributed by atoms with Crippen molar-refractivity contribution in [3.8, 4) is 0 Å². The number of rotatable bonds is 6. The first-order valence-corrected chi connectivity index (χ1v) is 6.34. The van der Waals surface area contributed by atoms with E-state index in [4.69, 9.17) is 4.74 Å². The van der Waals surface area contributed by atoms with Crippen LogP contribution in [0.25, 0.3) is 0 Å². The van der Waals surface area contributed by atoms with Crippen LogP contribution in [0.4, 0.5) is 0 Å². The van der Waals surface area contributed by atoms with Crippen LogP contribution < -0.4 is 0 Å². The van der Waals surface area contributed by atoms with Crippen molar-refractivity contribution in [3.05, 3.63) is 0 Å². The largest absolute Gasteiger partial charge is 0.392 e. The Hall–Kier alpha value is -0.650. The lowest BCUT2D eigenvalue weighted by Gasteiger charge is -2.22. The fourth-order valence-corrected chi connectivity index (χ4v) is 2.00. The Kier molecular flexibility index (Phi) is 6.47. The van der Waals surface area contributed by atoms with Gasteiger partial charge in [-0.2, -0.15) is 0 Å². The minimum absolute atomic E-state index is 0.142. The zero-order valence-corrected chi connectivity index (χ0v) is 10.9. The van der Waals surface area contributed by atoms with E-state index in [2.05, 4.69) is 0 Å². The Morgan fingerprint density at radius 2 is 2.24 bits per heavy atom. The summed E-state index contributed by atoms with van der Waals surface area (Å²) in [6, 6.07) is 0. The van der Waals surface area contributed by atoms with Gasteiger partial charge < -0.3 is 14.7 Å². The number of amides is 1. The smallest absolute Gasteiger partial charge is 0.236 e. The van der Waals surface area contributed by atoms with E-state index < -0.39 is 0 Å². The Morgan fingerprint density at radius 3 is 2.88 bits per heavy atom. The Labute approximate surface area is 103 Å². The van der Waals surface area contributed by atoms with Crippen LogP contribution in [0, 0.1) is 0 Å². The Balaban J connectivity index is 2.41. The summed E-state index contributed by atoms with van der Waals surface area (Å²) in [5, 5.41) is 9.61. The zero-order valence-electron chi connectivity index (χ0n) is 10.9. The van der Waals surface area contributed by atoms with Crippen LogP contribution in [-0.2, 0) is 9.53 Å². The maximum absolute atomic E-state index is 11.9. The van der Waals surface area contributed by atoms with Crippen molar-refractivity contribution < 1.29 is 14.6 Å². The molecule has 5 heteroatoms. The summed E-state index contributed by atoms with van der Waals surface area (Å²) in [6.45, 7) is 5.90. The molecule has 1 aliphatic heterocycles. The molecule has 0 aromatic carbocycles. The van der Waals surface area contributed by atoms with Crippen molar-refractivity contribution in [2.75, 3.05) is 46.4 Å². The predicted molar refractivity (Wildman–Crippen MR) is 65.8 cm³/mol. The number of ether oxygens (including phenoxy) is 1. The second kappa shape index (κ2) is 7.63. The van der Waals surface area contributed by atoms with E-state index in [9.17, 15) is 9.90 Å². The number of aliphatic hydroxyl groups is 1. The fourth-order valence-electron chi connectivity index (χ4n) is 2.00. The van der Waals surface area contributed by atoms with Gasteiger partial charge in [0.2, 0.25) is 5.91 Å². The average molecular weight is 244 g/mol. The van der Waals surface area contributed by atoms with Gasteiger partial charge in [-0.25, -0.2) is 0 Å². The van der Waals surface area contributed by atoms with Gasteiger partial charge in [-0.1, -0.05) is 6.92 Å². The number of hydrogen-bond acceptors (Lipinski definition) is 4. The Bertz CT molecular complexity index is 236. The van der Waals surface area contributed by atoms with E-state index >= 15 is 0 Å². The van der Waals surface area contributed by atoms with Crippen LogP contribution in [0.5, 0.6) is 0 Å². The molecule has 0 unspecified atom stereocenters. The molecule has 0 aliphatic carbocycles. The first kappa shape index (κ1) is 14.4. The van der Waals surface area contributed by atoms with E-state index in [1.54, 1.807) is 7.11 Å². The molecule has 0 aromatic rings. The van der Waals surface area contributed by atoms with Crippen LogP contribution >= 0.6 is 0 Å². The number of nitrogens with zero attached hydrogens (tertiary/aromatic N) is 2. The highest BCUT2D eigenvalue weighted by Crippen LogP contribution is 2.06. The number of methoxy groups -OCH3 is 1. The van der Waals surface area contributed by atoms with Crippen LogP contribution in [0.15, 0.2) is 0 Å². The van der Waals surface area contributed by atoms with Gasteiger partial charge in [0, 0.05) is 33.3 Å². The molecule has 0 bridgehead atoms. The minimum Gasteiger partial charge on any atom is -0.392 e. The van der Waals surface area contributed by atoms with Crippen LogP contribution in [0.2, 0.25) is 0 Å². The van der Waals surface area contributed by atoms with Crippen LogP contribution in [-0.4, -0.2) is 73.4 Å². The zero-order chi connectivity index (χ0) is 12.7. The van der Waals surface area contributed by atoms with E-state index in [1.165, 1.54) is 0 Å². The van der Waals surface area contributed by atoms with Crippen LogP contribution in [0.3, 0.4) is 0 Å². The third-order valence-corrected chi connectivity index (χ3v) is 3.12. The number of carbonyl (C=O) groups excluding carboxylic acids is 1. The maximum atomic E-state index is 11.9. The molecule has 100 valence electrons. The molecule has 0 spiro atoms. The van der Waals surface area contributed by atoms with Gasteiger partial charge in [0.05, 0.1) is 19.3 Å². The SMILES string of the molecule is CC[C@H](O)CN1CCCN(CCOC)C(=O)C1. The summed E-state index contributed by atoms with van der Waals surface area (Å²) < 4.78 is 5.00. The van der Waals surface area contributed by atoms with Crippen molar-refractivity contribution in [1.29, 1.82) is 0 Å². The third-order valence-electron chi connectivity index (χ3n) is 3.12. The van der Waals surface area contributed by atoms with Crippen molar-refractivity contribution in [1.82, 2.24) is 9.80 Å². The minimum atomic E-state index is -0.326. The summed E-state index contributed by atoms with van der Waals surface area (Å²) in [4.78, 5) is 15.8. The lowest BCUT2D eigenvalue weighted by molar-refractivity contribution is -0.132. The molecule has 1 N–H and O–H groups in total. The lowest BCUT2D eigenvalue weighted by atomic mass is 10.2. The molecule has 1 atom stereocenters. The topological polar surface area (TPSA) is 53.0 Å². The monoisotopic (exact) mass is 244 g/mol. The molecular weight excluding hydrogens is 220 g/mol. The number of carbonyl (C=O) groups is 1. The van der Waals surface area contributed by atoms with E-state index in [0.717, 1.165) is 25.9 Å². The number of β-amino-alcohol motifs (C(OH)–C–C–N with tert-alkyl or cyclic N) is 1. The van der Waals surface area contributed by atoms with Gasteiger partial charge in [0.15, 0.2) is 0 Å². The van der Waals surface area contributed by atoms with Gasteiger partial charge in [-0.3, -0.25) is 9.69 Å². The predicted octanol–water partition coefficient (Wildman–Crippen LogP) is -0.0620. The molecule has 1 rings (SSSR count). The van der Waals surface area contributed by atoms with Gasteiger partial charge in [0.25, 0.3) is 0 Å². The van der Waals surface area contributed by atoms with Gasteiger partial charge in [-0.15, -0.1) is 0 Å². The standard InChI is InChI=1S/C12H24N2O3/c1-3-11(15)9-13-5-4-6-14(7-8-17-2)12(16)10-13/h11,15H,3-10H2,1-2H3/t11-/m0/s1. The van der Waals surface area contributed by atoms with E-state index in [0.29, 0.717) is 26.2 Å². The maximum Gasteiger partial charge on any atom is 0.236 e. The molecule has 1 heterocycles. The second-order valence-electron chi connectivity index (χ2n) is 4.52. The summed E-state index contributed by atoms with van der Waals surface area (Å²) in [5.74, 6) is 0.142. The summed E-state index contributed by atoms with van der Waals surface area (Å²) >= 11 is 0. The second-order valence-corrected chi connectivity index (χ2v) is 4.52. The molecule has 0 saturated carbocycles. The van der Waals surface area contributed by atoms with Gasteiger partial charge >= 0.3 is 0 Å². The van der Waals surface area contributed by atoms with Crippen molar-refractivity contribution in [2.24, 2.45) is 0 Å². The summed E-state index contributed by atoms with van der Waals surface area (Å²) in [5.41, 5.74) is 0. The molecule has 1 amide bonds. The highest BCUT2D eigenvalue weighted by atomic mass is 16.5. The molecule has 1 saturated heterocycles. The molecule has 17 heavy (non-hydrogen) atoms. The normalized spacial score (nSPS) is 20.4. The highest BCUT2D eigenvalue weighted by Gasteiger charge is 2.22.